The molecule has 1 aromatic rings. The molecule has 18 heavy (non-hydrogen) atoms. The van der Waals surface area contributed by atoms with E-state index in [-0.39, 0.29) is 5.54 Å². The van der Waals surface area contributed by atoms with E-state index in [4.69, 9.17) is 11.6 Å². The predicted octanol–water partition coefficient (Wildman–Crippen LogP) is 4.30. The second-order valence-electron chi connectivity index (χ2n) is 6.52. The Morgan fingerprint density at radius 1 is 1.17 bits per heavy atom. The number of halogens is 1. The number of hydrogen-bond acceptors (Lipinski definition) is 1. The highest BCUT2D eigenvalue weighted by molar-refractivity contribution is 6.31. The van der Waals surface area contributed by atoms with Gasteiger partial charge in [0.1, 0.15) is 0 Å². The summed E-state index contributed by atoms with van der Waals surface area (Å²) >= 11 is 6.23. The van der Waals surface area contributed by atoms with Crippen LogP contribution in [0.4, 0.5) is 0 Å². The van der Waals surface area contributed by atoms with Crippen LogP contribution < -0.4 is 5.32 Å². The molecule has 0 bridgehead atoms. The van der Waals surface area contributed by atoms with Gasteiger partial charge < -0.3 is 5.32 Å². The minimum atomic E-state index is 0.227. The van der Waals surface area contributed by atoms with Crippen molar-refractivity contribution in [2.45, 2.75) is 45.6 Å². The Balaban J connectivity index is 1.86. The maximum Gasteiger partial charge on any atom is 0.0438 e. The van der Waals surface area contributed by atoms with Crippen molar-refractivity contribution in [2.24, 2.45) is 11.8 Å². The lowest BCUT2D eigenvalue weighted by molar-refractivity contribution is 0.159. The first-order valence-corrected chi connectivity index (χ1v) is 7.32. The van der Waals surface area contributed by atoms with Crippen LogP contribution in [-0.2, 0) is 6.42 Å². The molecule has 1 nitrogen and oxygen atoms in total. The zero-order valence-electron chi connectivity index (χ0n) is 11.7. The molecular weight excluding hydrogens is 242 g/mol. The van der Waals surface area contributed by atoms with E-state index in [1.54, 1.807) is 0 Å². The number of nitrogens with one attached hydrogen (secondary N) is 1. The molecule has 0 aliphatic heterocycles. The van der Waals surface area contributed by atoms with Gasteiger partial charge in [-0.05, 0) is 70.0 Å². The van der Waals surface area contributed by atoms with Gasteiger partial charge in [0.2, 0.25) is 0 Å². The van der Waals surface area contributed by atoms with E-state index in [2.05, 4.69) is 38.2 Å². The second kappa shape index (κ2) is 5.63. The summed E-state index contributed by atoms with van der Waals surface area (Å²) in [5.74, 6) is 1.63. The van der Waals surface area contributed by atoms with Crippen molar-refractivity contribution in [1.82, 2.24) is 5.32 Å². The number of hydrogen-bond donors (Lipinski definition) is 1. The summed E-state index contributed by atoms with van der Waals surface area (Å²) in [5.41, 5.74) is 1.54. The van der Waals surface area contributed by atoms with Crippen LogP contribution in [0.3, 0.4) is 0 Å². The monoisotopic (exact) mass is 265 g/mol. The van der Waals surface area contributed by atoms with Crippen LogP contribution in [0.1, 0.15) is 39.2 Å². The lowest BCUT2D eigenvalue weighted by Crippen LogP contribution is -2.44. The molecule has 1 aromatic carbocycles. The van der Waals surface area contributed by atoms with E-state index in [0.717, 1.165) is 29.8 Å². The molecule has 0 amide bonds. The fourth-order valence-corrected chi connectivity index (χ4v) is 2.77. The third kappa shape index (κ3) is 3.73. The van der Waals surface area contributed by atoms with Gasteiger partial charge >= 0.3 is 0 Å². The molecule has 1 N–H and O–H groups in total. The maximum absolute atomic E-state index is 6.23. The van der Waals surface area contributed by atoms with Crippen molar-refractivity contribution < 1.29 is 0 Å². The molecule has 2 unspecified atom stereocenters. The van der Waals surface area contributed by atoms with Crippen LogP contribution in [0, 0.1) is 11.8 Å². The van der Waals surface area contributed by atoms with Gasteiger partial charge in [-0.1, -0.05) is 29.8 Å². The van der Waals surface area contributed by atoms with E-state index in [9.17, 15) is 0 Å². The first-order valence-electron chi connectivity index (χ1n) is 6.94. The topological polar surface area (TPSA) is 12.0 Å². The van der Waals surface area contributed by atoms with E-state index in [1.807, 2.05) is 12.1 Å². The van der Waals surface area contributed by atoms with Crippen LogP contribution in [0.5, 0.6) is 0 Å². The van der Waals surface area contributed by atoms with E-state index in [1.165, 1.54) is 18.4 Å². The SMILES string of the molecule is CC(C)(C)NCC1CCC1Cc1ccccc1Cl. The van der Waals surface area contributed by atoms with Gasteiger partial charge in [-0.3, -0.25) is 0 Å². The average molecular weight is 266 g/mol. The Morgan fingerprint density at radius 3 is 2.39 bits per heavy atom. The Kier molecular flexibility index (Phi) is 4.34. The van der Waals surface area contributed by atoms with Crippen molar-refractivity contribution in [3.05, 3.63) is 34.9 Å². The zero-order valence-corrected chi connectivity index (χ0v) is 12.4. The van der Waals surface area contributed by atoms with Gasteiger partial charge in [-0.25, -0.2) is 0 Å². The summed E-state index contributed by atoms with van der Waals surface area (Å²) in [6.07, 6.45) is 3.84. The zero-order chi connectivity index (χ0) is 13.2. The standard InChI is InChI=1S/C16H24ClN/c1-16(2,3)18-11-14-9-8-12(14)10-13-6-4-5-7-15(13)17/h4-7,12,14,18H,8-11H2,1-3H3. The summed E-state index contributed by atoms with van der Waals surface area (Å²) in [6, 6.07) is 8.25. The molecule has 2 heteroatoms. The smallest absolute Gasteiger partial charge is 0.0438 e. The van der Waals surface area contributed by atoms with E-state index < -0.39 is 0 Å². The van der Waals surface area contributed by atoms with Crippen LogP contribution in [0.25, 0.3) is 0 Å². The minimum Gasteiger partial charge on any atom is -0.312 e. The van der Waals surface area contributed by atoms with Gasteiger partial charge in [0, 0.05) is 10.6 Å². The summed E-state index contributed by atoms with van der Waals surface area (Å²) in [6.45, 7) is 7.83. The van der Waals surface area contributed by atoms with Crippen LogP contribution in [0.15, 0.2) is 24.3 Å². The Labute approximate surface area is 116 Å². The molecule has 0 aromatic heterocycles. The predicted molar refractivity (Wildman–Crippen MR) is 79.1 cm³/mol. The van der Waals surface area contributed by atoms with Crippen molar-refractivity contribution in [2.75, 3.05) is 6.54 Å². The van der Waals surface area contributed by atoms with Crippen LogP contribution in [-0.4, -0.2) is 12.1 Å². The minimum absolute atomic E-state index is 0.227. The lowest BCUT2D eigenvalue weighted by Gasteiger charge is -2.39. The fourth-order valence-electron chi connectivity index (χ4n) is 2.56. The van der Waals surface area contributed by atoms with Crippen LogP contribution in [0.2, 0.25) is 5.02 Å². The highest BCUT2D eigenvalue weighted by atomic mass is 35.5. The van der Waals surface area contributed by atoms with Gasteiger partial charge in [0.25, 0.3) is 0 Å². The van der Waals surface area contributed by atoms with Crippen molar-refractivity contribution in [3.63, 3.8) is 0 Å². The first kappa shape index (κ1) is 13.9. The number of rotatable bonds is 4. The normalized spacial score (nSPS) is 23.8. The molecule has 2 rings (SSSR count). The van der Waals surface area contributed by atoms with Gasteiger partial charge in [-0.15, -0.1) is 0 Å². The third-order valence-electron chi connectivity index (χ3n) is 3.91. The van der Waals surface area contributed by atoms with Crippen molar-refractivity contribution in [3.8, 4) is 0 Å². The molecule has 1 aliphatic rings. The summed E-state index contributed by atoms with van der Waals surface area (Å²) in [7, 11) is 0. The van der Waals surface area contributed by atoms with Crippen LogP contribution >= 0.6 is 11.6 Å². The van der Waals surface area contributed by atoms with E-state index >= 15 is 0 Å². The Bertz CT molecular complexity index is 394. The molecule has 0 heterocycles. The second-order valence-corrected chi connectivity index (χ2v) is 6.93. The summed E-state index contributed by atoms with van der Waals surface area (Å²) in [5, 5.41) is 4.54. The molecular formula is C16H24ClN. The molecule has 1 aliphatic carbocycles. The highest BCUT2D eigenvalue weighted by Gasteiger charge is 2.31. The largest absolute Gasteiger partial charge is 0.312 e. The fraction of sp³-hybridized carbons (Fsp3) is 0.625. The Morgan fingerprint density at radius 2 is 1.83 bits per heavy atom. The van der Waals surface area contributed by atoms with Gasteiger partial charge in [0.05, 0.1) is 0 Å². The summed E-state index contributed by atoms with van der Waals surface area (Å²) < 4.78 is 0. The lowest BCUT2D eigenvalue weighted by atomic mass is 9.70. The molecule has 2 atom stereocenters. The molecule has 0 saturated heterocycles. The first-order chi connectivity index (χ1) is 8.46. The molecule has 0 radical (unpaired) electrons. The van der Waals surface area contributed by atoms with Crippen molar-refractivity contribution >= 4 is 11.6 Å². The molecule has 1 saturated carbocycles. The summed E-state index contributed by atoms with van der Waals surface area (Å²) in [4.78, 5) is 0. The molecule has 0 spiro atoms. The van der Waals surface area contributed by atoms with Crippen molar-refractivity contribution in [1.29, 1.82) is 0 Å². The molecule has 100 valence electrons. The van der Waals surface area contributed by atoms with Gasteiger partial charge in [0.15, 0.2) is 0 Å². The molecule has 1 fully saturated rings. The quantitative estimate of drug-likeness (QED) is 0.856. The highest BCUT2D eigenvalue weighted by Crippen LogP contribution is 2.37. The maximum atomic E-state index is 6.23. The van der Waals surface area contributed by atoms with E-state index in [0.29, 0.717) is 0 Å². The Hall–Kier alpha value is -0.530. The average Bonchev–Trinajstić information content (AvgIpc) is 2.25. The van der Waals surface area contributed by atoms with Gasteiger partial charge in [-0.2, -0.15) is 0 Å². The third-order valence-corrected chi connectivity index (χ3v) is 4.28. The number of benzene rings is 1.